The Bertz CT molecular complexity index is 1150. The van der Waals surface area contributed by atoms with Crippen molar-refractivity contribution in [3.8, 4) is 11.5 Å². The highest BCUT2D eigenvalue weighted by Crippen LogP contribution is 2.36. The number of nitrogens with one attached hydrogen (secondary N) is 1. The number of anilines is 2. The lowest BCUT2D eigenvalue weighted by Crippen LogP contribution is -2.35. The second kappa shape index (κ2) is 9.82. The molecular formula is C23H22ClFN4O3. The first kappa shape index (κ1) is 21.8. The van der Waals surface area contributed by atoms with E-state index in [1.165, 1.54) is 24.5 Å². The number of benzene rings is 2. The third-order valence-corrected chi connectivity index (χ3v) is 5.54. The molecular weight excluding hydrogens is 435 g/mol. The molecule has 0 unspecified atom stereocenters. The monoisotopic (exact) mass is 456 g/mol. The third-order valence-electron chi connectivity index (χ3n) is 5.25. The number of ether oxygens (including phenoxy) is 2. The summed E-state index contributed by atoms with van der Waals surface area (Å²) in [5.74, 6) is 1.23. The van der Waals surface area contributed by atoms with Crippen molar-refractivity contribution in [2.75, 3.05) is 25.5 Å². The summed E-state index contributed by atoms with van der Waals surface area (Å²) in [6.45, 7) is 1.60. The smallest absolute Gasteiger partial charge is 0.162 e. The number of hydrogen-bond acceptors (Lipinski definition) is 7. The van der Waals surface area contributed by atoms with E-state index < -0.39 is 5.82 Å². The van der Waals surface area contributed by atoms with Gasteiger partial charge in [0, 0.05) is 49.3 Å². The minimum atomic E-state index is -0.488. The molecule has 0 radical (unpaired) electrons. The maximum absolute atomic E-state index is 13.5. The molecule has 1 aromatic heterocycles. The molecule has 1 saturated heterocycles. The summed E-state index contributed by atoms with van der Waals surface area (Å²) in [6.07, 6.45) is 7.16. The molecule has 2 aromatic carbocycles. The van der Waals surface area contributed by atoms with E-state index in [1.807, 2.05) is 6.07 Å². The fraction of sp³-hybridized carbons (Fsp3) is 0.261. The van der Waals surface area contributed by atoms with Gasteiger partial charge in [-0.1, -0.05) is 11.6 Å². The van der Waals surface area contributed by atoms with Crippen LogP contribution in [0.25, 0.3) is 10.9 Å². The first-order valence-electron chi connectivity index (χ1n) is 10.1. The van der Waals surface area contributed by atoms with Crippen LogP contribution in [0.2, 0.25) is 5.02 Å². The van der Waals surface area contributed by atoms with E-state index in [9.17, 15) is 9.18 Å². The number of hydrogen-bond donors (Lipinski definition) is 1. The summed E-state index contributed by atoms with van der Waals surface area (Å²) >= 11 is 5.90. The maximum Gasteiger partial charge on any atom is 0.162 e. The summed E-state index contributed by atoms with van der Waals surface area (Å²) in [5, 5.41) is 3.92. The predicted octanol–water partition coefficient (Wildman–Crippen LogP) is 4.73. The largest absolute Gasteiger partial charge is 0.493 e. The van der Waals surface area contributed by atoms with Gasteiger partial charge in [0.25, 0.3) is 0 Å². The average molecular weight is 457 g/mol. The first-order chi connectivity index (χ1) is 15.6. The van der Waals surface area contributed by atoms with Gasteiger partial charge in [-0.3, -0.25) is 4.79 Å². The van der Waals surface area contributed by atoms with Crippen molar-refractivity contribution >= 4 is 40.3 Å². The Balaban J connectivity index is 1.59. The minimum Gasteiger partial charge on any atom is -0.493 e. The molecule has 0 aliphatic carbocycles. The molecule has 32 heavy (non-hydrogen) atoms. The molecule has 1 N–H and O–H groups in total. The molecule has 3 aromatic rings. The van der Waals surface area contributed by atoms with E-state index >= 15 is 0 Å². The summed E-state index contributed by atoms with van der Waals surface area (Å²) in [4.78, 5) is 21.3. The van der Waals surface area contributed by atoms with Gasteiger partial charge >= 0.3 is 0 Å². The van der Waals surface area contributed by atoms with Gasteiger partial charge in [-0.25, -0.2) is 14.4 Å². The lowest BCUT2D eigenvalue weighted by atomic mass is 10.1. The fourth-order valence-electron chi connectivity index (χ4n) is 3.60. The molecule has 9 heteroatoms. The minimum absolute atomic E-state index is 0.0131. The topological polar surface area (TPSA) is 76.6 Å². The van der Waals surface area contributed by atoms with E-state index in [0.29, 0.717) is 28.5 Å². The Morgan fingerprint density at radius 3 is 2.72 bits per heavy atom. The van der Waals surface area contributed by atoms with Crippen LogP contribution in [0.15, 0.2) is 48.9 Å². The van der Waals surface area contributed by atoms with Crippen molar-refractivity contribution in [1.82, 2.24) is 14.9 Å². The van der Waals surface area contributed by atoms with Crippen molar-refractivity contribution < 1.29 is 18.7 Å². The normalized spacial score (nSPS) is 14.7. The standard InChI is InChI=1S/C23H22ClFN4O3/c1-31-21-13-20-17(12-22(21)32-16-5-8-29(9-6-16)7-2-10-30)23(27-14-26-20)28-15-3-4-19(25)18(24)11-15/h2-4,7,10-14,16H,5-6,8-9H2,1H3,(H,26,27,28). The van der Waals surface area contributed by atoms with E-state index in [0.717, 1.165) is 37.6 Å². The Hall–Kier alpha value is -3.39. The predicted molar refractivity (Wildman–Crippen MR) is 121 cm³/mol. The zero-order valence-electron chi connectivity index (χ0n) is 17.4. The summed E-state index contributed by atoms with van der Waals surface area (Å²) in [6, 6.07) is 8.03. The van der Waals surface area contributed by atoms with E-state index in [-0.39, 0.29) is 11.1 Å². The van der Waals surface area contributed by atoms with Crippen LogP contribution in [-0.4, -0.2) is 47.5 Å². The summed E-state index contributed by atoms with van der Waals surface area (Å²) in [5.41, 5.74) is 1.28. The Morgan fingerprint density at radius 2 is 2.00 bits per heavy atom. The molecule has 0 atom stereocenters. The lowest BCUT2D eigenvalue weighted by molar-refractivity contribution is -0.104. The van der Waals surface area contributed by atoms with Crippen molar-refractivity contribution in [2.24, 2.45) is 0 Å². The molecule has 1 aliphatic heterocycles. The van der Waals surface area contributed by atoms with Crippen molar-refractivity contribution in [1.29, 1.82) is 0 Å². The van der Waals surface area contributed by atoms with Gasteiger partial charge in [0.2, 0.25) is 0 Å². The highest BCUT2D eigenvalue weighted by molar-refractivity contribution is 6.31. The van der Waals surface area contributed by atoms with Gasteiger partial charge in [0.15, 0.2) is 11.5 Å². The summed E-state index contributed by atoms with van der Waals surface area (Å²) in [7, 11) is 1.59. The molecule has 0 bridgehead atoms. The van der Waals surface area contributed by atoms with Gasteiger partial charge in [-0.15, -0.1) is 0 Å². The molecule has 166 valence electrons. The van der Waals surface area contributed by atoms with E-state index in [4.69, 9.17) is 21.1 Å². The van der Waals surface area contributed by atoms with Gasteiger partial charge < -0.3 is 19.7 Å². The van der Waals surface area contributed by atoms with Crippen LogP contribution in [0, 0.1) is 5.82 Å². The van der Waals surface area contributed by atoms with Crippen LogP contribution in [0.5, 0.6) is 11.5 Å². The maximum atomic E-state index is 13.5. The number of rotatable bonds is 7. The van der Waals surface area contributed by atoms with E-state index in [1.54, 1.807) is 25.4 Å². The van der Waals surface area contributed by atoms with Gasteiger partial charge in [-0.2, -0.15) is 0 Å². The molecule has 2 heterocycles. The van der Waals surface area contributed by atoms with Crippen molar-refractivity contribution in [3.63, 3.8) is 0 Å². The molecule has 0 amide bonds. The highest BCUT2D eigenvalue weighted by atomic mass is 35.5. The van der Waals surface area contributed by atoms with Crippen LogP contribution in [-0.2, 0) is 4.79 Å². The number of likely N-dealkylation sites (tertiary alicyclic amines) is 1. The lowest BCUT2D eigenvalue weighted by Gasteiger charge is -2.31. The van der Waals surface area contributed by atoms with Crippen molar-refractivity contribution in [3.05, 3.63) is 59.8 Å². The molecule has 1 fully saturated rings. The zero-order valence-corrected chi connectivity index (χ0v) is 18.2. The summed E-state index contributed by atoms with van der Waals surface area (Å²) < 4.78 is 25.3. The van der Waals surface area contributed by atoms with Gasteiger partial charge in [0.05, 0.1) is 17.6 Å². The Kier molecular flexibility index (Phi) is 6.70. The van der Waals surface area contributed by atoms with Crippen LogP contribution in [0.3, 0.4) is 0 Å². The second-order valence-corrected chi connectivity index (χ2v) is 7.73. The molecule has 0 spiro atoms. The molecule has 4 rings (SSSR count). The number of allylic oxidation sites excluding steroid dienone is 1. The number of carbonyl (C=O) groups is 1. The number of halogens is 2. The number of carbonyl (C=O) groups excluding carboxylic acids is 1. The van der Waals surface area contributed by atoms with Crippen molar-refractivity contribution in [2.45, 2.75) is 18.9 Å². The van der Waals surface area contributed by atoms with E-state index in [2.05, 4.69) is 20.2 Å². The number of aldehydes is 1. The number of aromatic nitrogens is 2. The number of fused-ring (bicyclic) bond motifs is 1. The second-order valence-electron chi connectivity index (χ2n) is 7.33. The van der Waals surface area contributed by atoms with Crippen LogP contribution < -0.4 is 14.8 Å². The highest BCUT2D eigenvalue weighted by Gasteiger charge is 2.21. The molecule has 1 aliphatic rings. The van der Waals surface area contributed by atoms with Crippen LogP contribution >= 0.6 is 11.6 Å². The third kappa shape index (κ3) is 4.91. The fourth-order valence-corrected chi connectivity index (χ4v) is 3.79. The Labute approximate surface area is 189 Å². The average Bonchev–Trinajstić information content (AvgIpc) is 2.81. The Morgan fingerprint density at radius 1 is 1.19 bits per heavy atom. The van der Waals surface area contributed by atoms with Crippen LogP contribution in [0.4, 0.5) is 15.9 Å². The SMILES string of the molecule is COc1cc2ncnc(Nc3ccc(F)c(Cl)c3)c2cc1OC1CCN(C=CC=O)CC1. The van der Waals surface area contributed by atoms with Crippen LogP contribution in [0.1, 0.15) is 12.8 Å². The molecule has 7 nitrogen and oxygen atoms in total. The number of nitrogens with zero attached hydrogens (tertiary/aromatic N) is 3. The number of methoxy groups -OCH3 is 1. The zero-order chi connectivity index (χ0) is 22.5. The van der Waals surface area contributed by atoms with Gasteiger partial charge in [0.1, 0.15) is 30.4 Å². The first-order valence-corrected chi connectivity index (χ1v) is 10.5. The quantitative estimate of drug-likeness (QED) is 0.406. The number of piperidine rings is 1. The van der Waals surface area contributed by atoms with Gasteiger partial charge in [-0.05, 0) is 30.3 Å². The molecule has 0 saturated carbocycles.